The SMILES string of the molecule is CCNC(=NCCCN(C(C)C)C(C)C)NCCN1CCN(c2ncccn2)CC1. The Morgan fingerprint density at radius 1 is 1.07 bits per heavy atom. The molecule has 0 aliphatic carbocycles. The topological polar surface area (TPSA) is 71.9 Å². The van der Waals surface area contributed by atoms with Crippen LogP contribution in [0.3, 0.4) is 0 Å². The number of nitrogens with zero attached hydrogens (tertiary/aromatic N) is 6. The van der Waals surface area contributed by atoms with Gasteiger partial charge < -0.3 is 15.5 Å². The molecule has 0 atom stereocenters. The van der Waals surface area contributed by atoms with E-state index >= 15 is 0 Å². The lowest BCUT2D eigenvalue weighted by Crippen LogP contribution is -2.49. The van der Waals surface area contributed by atoms with Gasteiger partial charge in [0.15, 0.2) is 5.96 Å². The third-order valence-electron chi connectivity index (χ3n) is 5.44. The molecule has 2 N–H and O–H groups in total. The van der Waals surface area contributed by atoms with Crippen LogP contribution in [0, 0.1) is 0 Å². The van der Waals surface area contributed by atoms with Gasteiger partial charge in [-0.3, -0.25) is 14.8 Å². The molecule has 1 saturated heterocycles. The Morgan fingerprint density at radius 3 is 2.33 bits per heavy atom. The second kappa shape index (κ2) is 13.4. The third-order valence-corrected chi connectivity index (χ3v) is 5.44. The number of hydrogen-bond acceptors (Lipinski definition) is 6. The Labute approximate surface area is 183 Å². The van der Waals surface area contributed by atoms with Gasteiger partial charge in [-0.05, 0) is 47.1 Å². The predicted octanol–water partition coefficient (Wildman–Crippen LogP) is 1.66. The molecular formula is C22H42N8. The molecule has 8 nitrogen and oxygen atoms in total. The summed E-state index contributed by atoms with van der Waals surface area (Å²) in [7, 11) is 0. The van der Waals surface area contributed by atoms with Gasteiger partial charge in [0, 0.05) is 83.4 Å². The molecule has 1 aromatic rings. The first kappa shape index (κ1) is 24.3. The second-order valence-corrected chi connectivity index (χ2v) is 8.34. The first-order valence-electron chi connectivity index (χ1n) is 11.5. The van der Waals surface area contributed by atoms with Crippen molar-refractivity contribution in [2.75, 3.05) is 63.8 Å². The summed E-state index contributed by atoms with van der Waals surface area (Å²) in [6, 6.07) is 3.02. The van der Waals surface area contributed by atoms with Gasteiger partial charge in [0.05, 0.1) is 0 Å². The first-order chi connectivity index (χ1) is 14.5. The zero-order valence-electron chi connectivity index (χ0n) is 19.6. The van der Waals surface area contributed by atoms with Crippen molar-refractivity contribution < 1.29 is 0 Å². The van der Waals surface area contributed by atoms with Crippen LogP contribution in [0.25, 0.3) is 0 Å². The summed E-state index contributed by atoms with van der Waals surface area (Å²) in [6.07, 6.45) is 4.70. The van der Waals surface area contributed by atoms with E-state index in [1.165, 1.54) is 0 Å². The molecule has 1 fully saturated rings. The van der Waals surface area contributed by atoms with E-state index in [2.05, 4.69) is 69.9 Å². The molecule has 0 amide bonds. The second-order valence-electron chi connectivity index (χ2n) is 8.34. The maximum Gasteiger partial charge on any atom is 0.225 e. The minimum Gasteiger partial charge on any atom is -0.357 e. The van der Waals surface area contributed by atoms with Crippen LogP contribution >= 0.6 is 0 Å². The monoisotopic (exact) mass is 418 g/mol. The van der Waals surface area contributed by atoms with Crippen LogP contribution < -0.4 is 15.5 Å². The van der Waals surface area contributed by atoms with Gasteiger partial charge in [0.2, 0.25) is 5.95 Å². The fourth-order valence-electron chi connectivity index (χ4n) is 3.86. The summed E-state index contributed by atoms with van der Waals surface area (Å²) in [5, 5.41) is 6.85. The van der Waals surface area contributed by atoms with Crippen molar-refractivity contribution in [3.05, 3.63) is 18.5 Å². The molecule has 2 rings (SSSR count). The van der Waals surface area contributed by atoms with Crippen molar-refractivity contribution in [1.82, 2.24) is 30.4 Å². The molecule has 1 aliphatic rings. The van der Waals surface area contributed by atoms with Gasteiger partial charge in [-0.2, -0.15) is 0 Å². The van der Waals surface area contributed by atoms with Crippen molar-refractivity contribution >= 4 is 11.9 Å². The summed E-state index contributed by atoms with van der Waals surface area (Å²) >= 11 is 0. The third kappa shape index (κ3) is 8.44. The van der Waals surface area contributed by atoms with E-state index in [4.69, 9.17) is 4.99 Å². The summed E-state index contributed by atoms with van der Waals surface area (Å²) in [6.45, 7) is 19.9. The average Bonchev–Trinajstić information content (AvgIpc) is 2.74. The van der Waals surface area contributed by atoms with Gasteiger partial charge in [0.25, 0.3) is 0 Å². The van der Waals surface area contributed by atoms with Crippen molar-refractivity contribution in [2.45, 2.75) is 53.1 Å². The molecule has 0 bridgehead atoms. The Hall–Kier alpha value is -1.93. The zero-order valence-corrected chi connectivity index (χ0v) is 19.6. The highest BCUT2D eigenvalue weighted by Gasteiger charge is 2.18. The predicted molar refractivity (Wildman–Crippen MR) is 126 cm³/mol. The quantitative estimate of drug-likeness (QED) is 0.322. The van der Waals surface area contributed by atoms with Crippen molar-refractivity contribution in [3.8, 4) is 0 Å². The number of aromatic nitrogens is 2. The molecule has 0 aromatic carbocycles. The largest absolute Gasteiger partial charge is 0.357 e. The molecular weight excluding hydrogens is 376 g/mol. The lowest BCUT2D eigenvalue weighted by Gasteiger charge is -2.34. The Balaban J connectivity index is 1.67. The van der Waals surface area contributed by atoms with Crippen molar-refractivity contribution in [1.29, 1.82) is 0 Å². The van der Waals surface area contributed by atoms with Gasteiger partial charge in [-0.25, -0.2) is 9.97 Å². The van der Waals surface area contributed by atoms with Crippen LogP contribution in [0.2, 0.25) is 0 Å². The molecule has 1 aliphatic heterocycles. The number of piperazine rings is 1. The molecule has 170 valence electrons. The fraction of sp³-hybridized carbons (Fsp3) is 0.773. The fourth-order valence-corrected chi connectivity index (χ4v) is 3.86. The van der Waals surface area contributed by atoms with E-state index in [1.807, 2.05) is 18.5 Å². The standard InChI is InChI=1S/C22H42N8/c1-6-23-21(24-11-8-13-30(19(2)3)20(4)5)25-12-14-28-15-17-29(18-16-28)22-26-9-7-10-27-22/h7,9-10,19-20H,6,8,11-18H2,1-5H3,(H2,23,24,25). The summed E-state index contributed by atoms with van der Waals surface area (Å²) in [5.41, 5.74) is 0. The molecule has 0 radical (unpaired) electrons. The van der Waals surface area contributed by atoms with Crippen LogP contribution in [0.1, 0.15) is 41.0 Å². The summed E-state index contributed by atoms with van der Waals surface area (Å²) < 4.78 is 0. The summed E-state index contributed by atoms with van der Waals surface area (Å²) in [4.78, 5) is 20.7. The van der Waals surface area contributed by atoms with Gasteiger partial charge in [-0.1, -0.05) is 0 Å². The van der Waals surface area contributed by atoms with E-state index in [0.717, 1.165) is 77.2 Å². The molecule has 1 aromatic heterocycles. The highest BCUT2D eigenvalue weighted by molar-refractivity contribution is 5.79. The highest BCUT2D eigenvalue weighted by Crippen LogP contribution is 2.09. The first-order valence-corrected chi connectivity index (χ1v) is 11.5. The van der Waals surface area contributed by atoms with Gasteiger partial charge in [0.1, 0.15) is 0 Å². The smallest absolute Gasteiger partial charge is 0.225 e. The number of hydrogen-bond donors (Lipinski definition) is 2. The van der Waals surface area contributed by atoms with E-state index in [0.29, 0.717) is 12.1 Å². The minimum atomic E-state index is 0.578. The molecule has 0 spiro atoms. The Bertz CT molecular complexity index is 588. The molecule has 30 heavy (non-hydrogen) atoms. The number of nitrogens with one attached hydrogen (secondary N) is 2. The van der Waals surface area contributed by atoms with Crippen molar-refractivity contribution in [3.63, 3.8) is 0 Å². The summed E-state index contributed by atoms with van der Waals surface area (Å²) in [5.74, 6) is 1.76. The number of guanidine groups is 1. The number of anilines is 1. The van der Waals surface area contributed by atoms with Crippen LogP contribution in [0.15, 0.2) is 23.5 Å². The van der Waals surface area contributed by atoms with Crippen LogP contribution in [0.4, 0.5) is 5.95 Å². The maximum atomic E-state index is 4.76. The van der Waals surface area contributed by atoms with Crippen LogP contribution in [0.5, 0.6) is 0 Å². The van der Waals surface area contributed by atoms with E-state index in [1.54, 1.807) is 0 Å². The van der Waals surface area contributed by atoms with E-state index in [9.17, 15) is 0 Å². The molecule has 0 unspecified atom stereocenters. The highest BCUT2D eigenvalue weighted by atomic mass is 15.3. The van der Waals surface area contributed by atoms with Crippen molar-refractivity contribution in [2.24, 2.45) is 4.99 Å². The van der Waals surface area contributed by atoms with Gasteiger partial charge in [-0.15, -0.1) is 0 Å². The number of aliphatic imine (C=N–C) groups is 1. The average molecular weight is 419 g/mol. The van der Waals surface area contributed by atoms with E-state index in [-0.39, 0.29) is 0 Å². The minimum absolute atomic E-state index is 0.578. The maximum absolute atomic E-state index is 4.76. The Morgan fingerprint density at radius 2 is 1.73 bits per heavy atom. The van der Waals surface area contributed by atoms with Crippen LogP contribution in [-0.4, -0.2) is 96.7 Å². The van der Waals surface area contributed by atoms with E-state index < -0.39 is 0 Å². The van der Waals surface area contributed by atoms with Crippen LogP contribution in [-0.2, 0) is 0 Å². The lowest BCUT2D eigenvalue weighted by atomic mass is 10.2. The zero-order chi connectivity index (χ0) is 21.8. The molecule has 0 saturated carbocycles. The normalized spacial score (nSPS) is 16.0. The lowest BCUT2D eigenvalue weighted by molar-refractivity contribution is 0.174. The van der Waals surface area contributed by atoms with Gasteiger partial charge >= 0.3 is 0 Å². The molecule has 2 heterocycles. The molecule has 8 heteroatoms. The Kier molecular flexibility index (Phi) is 10.9. The number of rotatable bonds is 11.